The van der Waals surface area contributed by atoms with Crippen molar-refractivity contribution >= 4 is 28.6 Å². The van der Waals surface area contributed by atoms with Gasteiger partial charge < -0.3 is 21.5 Å². The Morgan fingerprint density at radius 2 is 1.93 bits per heavy atom. The van der Waals surface area contributed by atoms with Crippen LogP contribution in [0.25, 0.3) is 22.0 Å². The van der Waals surface area contributed by atoms with Crippen molar-refractivity contribution < 1.29 is 14.7 Å². The molecule has 2 aromatic carbocycles. The molecule has 1 amide bonds. The fourth-order valence-electron chi connectivity index (χ4n) is 3.61. The molecule has 1 atom stereocenters. The molecule has 29 heavy (non-hydrogen) atoms. The number of amides is 1. The summed E-state index contributed by atoms with van der Waals surface area (Å²) in [6.45, 7) is 1.82. The number of hydrogen-bond donors (Lipinski definition) is 4. The Hall–Kier alpha value is -3.52. The monoisotopic (exact) mass is 391 g/mol. The van der Waals surface area contributed by atoms with Gasteiger partial charge in [0.2, 0.25) is 5.91 Å². The average molecular weight is 391 g/mol. The molecule has 148 valence electrons. The number of hydrogen-bond acceptors (Lipinski definition) is 6. The van der Waals surface area contributed by atoms with E-state index < -0.39 is 11.9 Å². The molecule has 4 rings (SSSR count). The van der Waals surface area contributed by atoms with E-state index in [0.29, 0.717) is 27.8 Å². The number of nitrogens with one attached hydrogen (secondary N) is 2. The number of aromatic nitrogens is 2. The van der Waals surface area contributed by atoms with E-state index in [1.54, 1.807) is 30.3 Å². The largest absolute Gasteiger partial charge is 0.478 e. The molecular formula is C21H21N5O3. The fraction of sp³-hybridized carbons (Fsp3) is 0.238. The van der Waals surface area contributed by atoms with E-state index in [4.69, 9.17) is 5.73 Å². The molecule has 1 aromatic heterocycles. The van der Waals surface area contributed by atoms with Crippen LogP contribution in [0.1, 0.15) is 33.6 Å². The zero-order chi connectivity index (χ0) is 20.4. The van der Waals surface area contributed by atoms with E-state index in [0.717, 1.165) is 31.5 Å². The highest BCUT2D eigenvalue weighted by Gasteiger charge is 2.19. The number of primary amides is 1. The van der Waals surface area contributed by atoms with Crippen molar-refractivity contribution in [2.75, 3.05) is 18.4 Å². The molecule has 0 aliphatic carbocycles. The highest BCUT2D eigenvalue weighted by molar-refractivity contribution is 6.07. The highest BCUT2D eigenvalue weighted by Crippen LogP contribution is 2.31. The molecule has 8 heteroatoms. The fourth-order valence-corrected chi connectivity index (χ4v) is 3.61. The lowest BCUT2D eigenvalue weighted by Gasteiger charge is -2.25. The Balaban J connectivity index is 1.82. The van der Waals surface area contributed by atoms with Crippen molar-refractivity contribution in [2.24, 2.45) is 5.73 Å². The van der Waals surface area contributed by atoms with Gasteiger partial charge in [-0.3, -0.25) is 4.79 Å². The van der Waals surface area contributed by atoms with Gasteiger partial charge in [0, 0.05) is 23.5 Å². The molecule has 1 fully saturated rings. The molecular weight excluding hydrogens is 370 g/mol. The Kier molecular flexibility index (Phi) is 5.09. The number of piperidine rings is 1. The van der Waals surface area contributed by atoms with E-state index in [1.165, 1.54) is 6.33 Å². The van der Waals surface area contributed by atoms with Crippen LogP contribution < -0.4 is 16.4 Å². The third-order valence-electron chi connectivity index (χ3n) is 5.11. The quantitative estimate of drug-likeness (QED) is 0.525. The van der Waals surface area contributed by atoms with Crippen molar-refractivity contribution in [2.45, 2.75) is 18.9 Å². The van der Waals surface area contributed by atoms with Crippen molar-refractivity contribution in [3.8, 4) is 11.1 Å². The first kappa shape index (κ1) is 18.8. The standard InChI is InChI=1S/C21H21N5O3/c22-19(27)13-5-3-12(4-6-13)14-8-16-18(17(9-14)21(28)29)24-11-25-20(16)26-15-2-1-7-23-10-15/h3-6,8-9,11,15,23H,1-2,7,10H2,(H2,22,27)(H,28,29)(H,24,25,26)/t15-/m0/s1. The Bertz CT molecular complexity index is 1080. The van der Waals surface area contributed by atoms with Crippen LogP contribution in [0.15, 0.2) is 42.7 Å². The Morgan fingerprint density at radius 3 is 2.59 bits per heavy atom. The second-order valence-corrected chi connectivity index (χ2v) is 7.08. The molecule has 3 aromatic rings. The van der Waals surface area contributed by atoms with Crippen molar-refractivity contribution in [1.29, 1.82) is 0 Å². The summed E-state index contributed by atoms with van der Waals surface area (Å²) >= 11 is 0. The number of nitrogens with two attached hydrogens (primary N) is 1. The van der Waals surface area contributed by atoms with Gasteiger partial charge in [-0.1, -0.05) is 12.1 Å². The minimum absolute atomic E-state index is 0.101. The SMILES string of the molecule is NC(=O)c1ccc(-c2cc(C(=O)O)c3ncnc(N[C@H]4CCCNC4)c3c2)cc1. The second-order valence-electron chi connectivity index (χ2n) is 7.08. The molecule has 1 aliphatic rings. The Morgan fingerprint density at radius 1 is 1.14 bits per heavy atom. The molecule has 1 saturated heterocycles. The third-order valence-corrected chi connectivity index (χ3v) is 5.11. The van der Waals surface area contributed by atoms with E-state index >= 15 is 0 Å². The van der Waals surface area contributed by atoms with Crippen LogP contribution in [-0.2, 0) is 0 Å². The summed E-state index contributed by atoms with van der Waals surface area (Å²) in [4.78, 5) is 31.8. The number of aromatic carboxylic acids is 1. The molecule has 0 radical (unpaired) electrons. The lowest BCUT2D eigenvalue weighted by atomic mass is 9.98. The number of fused-ring (bicyclic) bond motifs is 1. The number of benzene rings is 2. The lowest BCUT2D eigenvalue weighted by Crippen LogP contribution is -2.38. The topological polar surface area (TPSA) is 130 Å². The predicted molar refractivity (Wildman–Crippen MR) is 110 cm³/mol. The lowest BCUT2D eigenvalue weighted by molar-refractivity contribution is 0.0698. The van der Waals surface area contributed by atoms with Crippen LogP contribution >= 0.6 is 0 Å². The second kappa shape index (κ2) is 7.84. The molecule has 2 heterocycles. The summed E-state index contributed by atoms with van der Waals surface area (Å²) in [6, 6.07) is 10.4. The van der Waals surface area contributed by atoms with Gasteiger partial charge in [-0.15, -0.1) is 0 Å². The number of nitrogens with zero attached hydrogens (tertiary/aromatic N) is 2. The van der Waals surface area contributed by atoms with Crippen molar-refractivity contribution in [3.63, 3.8) is 0 Å². The van der Waals surface area contributed by atoms with E-state index in [2.05, 4.69) is 20.6 Å². The number of carbonyl (C=O) groups is 2. The van der Waals surface area contributed by atoms with Gasteiger partial charge in [-0.05, 0) is 54.8 Å². The average Bonchev–Trinajstić information content (AvgIpc) is 2.74. The normalized spacial score (nSPS) is 16.5. The molecule has 8 nitrogen and oxygen atoms in total. The summed E-state index contributed by atoms with van der Waals surface area (Å²) in [7, 11) is 0. The predicted octanol–water partition coefficient (Wildman–Crippen LogP) is 2.26. The zero-order valence-electron chi connectivity index (χ0n) is 15.7. The molecule has 5 N–H and O–H groups in total. The van der Waals surface area contributed by atoms with Gasteiger partial charge in [0.05, 0.1) is 11.1 Å². The summed E-state index contributed by atoms with van der Waals surface area (Å²) < 4.78 is 0. The van der Waals surface area contributed by atoms with E-state index in [9.17, 15) is 14.7 Å². The van der Waals surface area contributed by atoms with Crippen LogP contribution in [-0.4, -0.2) is 46.1 Å². The summed E-state index contributed by atoms with van der Waals surface area (Å²) in [5.74, 6) is -0.960. The van der Waals surface area contributed by atoms with Crippen molar-refractivity contribution in [1.82, 2.24) is 15.3 Å². The molecule has 0 bridgehead atoms. The van der Waals surface area contributed by atoms with Gasteiger partial charge >= 0.3 is 5.97 Å². The molecule has 1 aliphatic heterocycles. The first-order chi connectivity index (χ1) is 14.0. The van der Waals surface area contributed by atoms with Gasteiger partial charge in [0.25, 0.3) is 0 Å². The number of rotatable bonds is 5. The maximum atomic E-state index is 11.9. The number of carboxylic acids is 1. The summed E-state index contributed by atoms with van der Waals surface area (Å²) in [5.41, 5.74) is 7.65. The van der Waals surface area contributed by atoms with Crippen LogP contribution in [0.5, 0.6) is 0 Å². The number of anilines is 1. The van der Waals surface area contributed by atoms with Gasteiger partial charge in [0.1, 0.15) is 12.1 Å². The van der Waals surface area contributed by atoms with Crippen LogP contribution in [0.3, 0.4) is 0 Å². The van der Waals surface area contributed by atoms with E-state index in [1.807, 2.05) is 6.07 Å². The highest BCUT2D eigenvalue weighted by atomic mass is 16.4. The Labute approximate surface area is 167 Å². The molecule has 0 spiro atoms. The maximum absolute atomic E-state index is 11.9. The van der Waals surface area contributed by atoms with Crippen LogP contribution in [0.4, 0.5) is 5.82 Å². The third kappa shape index (κ3) is 3.88. The molecule has 0 unspecified atom stereocenters. The van der Waals surface area contributed by atoms with Crippen molar-refractivity contribution in [3.05, 3.63) is 53.9 Å². The first-order valence-electron chi connectivity index (χ1n) is 9.42. The minimum Gasteiger partial charge on any atom is -0.478 e. The number of carbonyl (C=O) groups excluding carboxylic acids is 1. The zero-order valence-corrected chi connectivity index (χ0v) is 15.7. The summed E-state index contributed by atoms with van der Waals surface area (Å²) in [6.07, 6.45) is 3.46. The minimum atomic E-state index is -1.06. The molecule has 0 saturated carbocycles. The summed E-state index contributed by atoms with van der Waals surface area (Å²) in [5, 5.41) is 17.1. The smallest absolute Gasteiger partial charge is 0.337 e. The van der Waals surface area contributed by atoms with Gasteiger partial charge in [0.15, 0.2) is 0 Å². The van der Waals surface area contributed by atoms with Crippen LogP contribution in [0.2, 0.25) is 0 Å². The number of carboxylic acid groups (broad SMARTS) is 1. The first-order valence-corrected chi connectivity index (χ1v) is 9.42. The van der Waals surface area contributed by atoms with E-state index in [-0.39, 0.29) is 11.6 Å². The van der Waals surface area contributed by atoms with Crippen LogP contribution in [0, 0.1) is 0 Å². The van der Waals surface area contributed by atoms with Gasteiger partial charge in [-0.2, -0.15) is 0 Å². The van der Waals surface area contributed by atoms with Gasteiger partial charge in [-0.25, -0.2) is 14.8 Å². The maximum Gasteiger partial charge on any atom is 0.337 e.